The van der Waals surface area contributed by atoms with Crippen LogP contribution in [0.15, 0.2) is 22.7 Å². The van der Waals surface area contributed by atoms with E-state index in [2.05, 4.69) is 35.8 Å². The number of halogens is 2. The highest BCUT2D eigenvalue weighted by Crippen LogP contribution is 2.29. The van der Waals surface area contributed by atoms with Crippen molar-refractivity contribution in [3.8, 4) is 0 Å². The number of aromatic nitrogens is 2. The molecule has 0 aliphatic heterocycles. The summed E-state index contributed by atoms with van der Waals surface area (Å²) in [6, 6.07) is 5.63. The average Bonchev–Trinajstić information content (AvgIpc) is 2.92. The first-order valence-corrected chi connectivity index (χ1v) is 7.93. The molecule has 2 aromatic rings. The van der Waals surface area contributed by atoms with E-state index in [1.807, 2.05) is 26.1 Å². The molecule has 0 saturated heterocycles. The molecule has 0 aliphatic rings. The Labute approximate surface area is 141 Å². The zero-order chi connectivity index (χ0) is 16.5. The molecule has 0 radical (unpaired) electrons. The Morgan fingerprint density at radius 1 is 1.27 bits per heavy atom. The molecule has 0 bridgehead atoms. The molecule has 1 aromatic carbocycles. The lowest BCUT2D eigenvalue weighted by atomic mass is 9.96. The Morgan fingerprint density at radius 3 is 2.55 bits per heavy atom. The van der Waals surface area contributed by atoms with Crippen molar-refractivity contribution < 1.29 is 4.52 Å². The molecule has 1 atom stereocenters. The summed E-state index contributed by atoms with van der Waals surface area (Å²) in [4.78, 5) is 6.60. The van der Waals surface area contributed by atoms with Crippen molar-refractivity contribution in [3.05, 3.63) is 45.5 Å². The van der Waals surface area contributed by atoms with Crippen LogP contribution in [0.5, 0.6) is 0 Å². The topological polar surface area (TPSA) is 42.2 Å². The van der Waals surface area contributed by atoms with Crippen LogP contribution < -0.4 is 0 Å². The van der Waals surface area contributed by atoms with Gasteiger partial charge >= 0.3 is 0 Å². The number of hydrogen-bond acceptors (Lipinski definition) is 4. The van der Waals surface area contributed by atoms with Crippen LogP contribution >= 0.6 is 23.2 Å². The predicted octanol–water partition coefficient (Wildman–Crippen LogP) is 4.87. The molecule has 0 aliphatic carbocycles. The molecule has 0 spiro atoms. The van der Waals surface area contributed by atoms with Gasteiger partial charge in [-0.15, -0.1) is 0 Å². The molecule has 0 N–H and O–H groups in total. The van der Waals surface area contributed by atoms with E-state index in [4.69, 9.17) is 27.7 Å². The quantitative estimate of drug-likeness (QED) is 0.795. The molecule has 0 saturated carbocycles. The van der Waals surface area contributed by atoms with E-state index < -0.39 is 0 Å². The fraction of sp³-hybridized carbons (Fsp3) is 0.500. The van der Waals surface area contributed by atoms with Gasteiger partial charge in [0.25, 0.3) is 0 Å². The predicted molar refractivity (Wildman–Crippen MR) is 89.3 cm³/mol. The monoisotopic (exact) mass is 341 g/mol. The van der Waals surface area contributed by atoms with Crippen molar-refractivity contribution in [1.29, 1.82) is 0 Å². The van der Waals surface area contributed by atoms with Gasteiger partial charge in [-0.05, 0) is 25.6 Å². The standard InChI is InChI=1S/C16H21Cl2N3O/c1-10(14-19-15(20-22-14)16(2,3)4)21(5)9-11-7-6-8-12(17)13(11)18/h6-8,10H,9H2,1-5H3. The van der Waals surface area contributed by atoms with Gasteiger partial charge in [0.05, 0.1) is 16.1 Å². The first kappa shape index (κ1) is 17.3. The maximum Gasteiger partial charge on any atom is 0.243 e. The molecule has 120 valence electrons. The van der Waals surface area contributed by atoms with Gasteiger partial charge in [-0.25, -0.2) is 0 Å². The fourth-order valence-electron chi connectivity index (χ4n) is 1.97. The molecule has 4 nitrogen and oxygen atoms in total. The fourth-order valence-corrected chi connectivity index (χ4v) is 2.35. The summed E-state index contributed by atoms with van der Waals surface area (Å²) in [6.07, 6.45) is 0. The highest BCUT2D eigenvalue weighted by atomic mass is 35.5. The van der Waals surface area contributed by atoms with Crippen LogP contribution in [0, 0.1) is 0 Å². The van der Waals surface area contributed by atoms with Crippen LogP contribution in [0.2, 0.25) is 10.0 Å². The number of hydrogen-bond donors (Lipinski definition) is 0. The maximum atomic E-state index is 6.24. The van der Waals surface area contributed by atoms with Gasteiger partial charge in [-0.3, -0.25) is 4.90 Å². The SMILES string of the molecule is CC(c1nc(C(C)(C)C)no1)N(C)Cc1cccc(Cl)c1Cl. The van der Waals surface area contributed by atoms with Gasteiger partial charge in [0.15, 0.2) is 5.82 Å². The van der Waals surface area contributed by atoms with Gasteiger partial charge in [-0.1, -0.05) is 61.3 Å². The second-order valence-corrected chi connectivity index (χ2v) is 7.30. The second kappa shape index (κ2) is 6.57. The molecule has 6 heteroatoms. The van der Waals surface area contributed by atoms with E-state index in [0.29, 0.717) is 28.3 Å². The summed E-state index contributed by atoms with van der Waals surface area (Å²) >= 11 is 12.3. The van der Waals surface area contributed by atoms with E-state index in [0.717, 1.165) is 5.56 Å². The molecule has 1 unspecified atom stereocenters. The maximum absolute atomic E-state index is 6.24. The van der Waals surface area contributed by atoms with Crippen LogP contribution in [0.25, 0.3) is 0 Å². The van der Waals surface area contributed by atoms with Crippen molar-refractivity contribution in [3.63, 3.8) is 0 Å². The van der Waals surface area contributed by atoms with E-state index in [-0.39, 0.29) is 11.5 Å². The molecule has 22 heavy (non-hydrogen) atoms. The summed E-state index contributed by atoms with van der Waals surface area (Å²) in [5.41, 5.74) is 0.843. The number of nitrogens with zero attached hydrogens (tertiary/aromatic N) is 3. The Balaban J connectivity index is 2.14. The van der Waals surface area contributed by atoms with Crippen LogP contribution in [-0.2, 0) is 12.0 Å². The largest absolute Gasteiger partial charge is 0.338 e. The lowest BCUT2D eigenvalue weighted by molar-refractivity contribution is 0.202. The van der Waals surface area contributed by atoms with E-state index in [1.54, 1.807) is 6.07 Å². The van der Waals surface area contributed by atoms with Crippen LogP contribution in [0.1, 0.15) is 51.0 Å². The molecule has 0 amide bonds. The van der Waals surface area contributed by atoms with Crippen molar-refractivity contribution in [2.24, 2.45) is 0 Å². The first-order valence-electron chi connectivity index (χ1n) is 7.17. The lowest BCUT2D eigenvalue weighted by Crippen LogP contribution is -2.22. The van der Waals surface area contributed by atoms with Crippen molar-refractivity contribution in [2.75, 3.05) is 7.05 Å². The van der Waals surface area contributed by atoms with Crippen molar-refractivity contribution in [1.82, 2.24) is 15.0 Å². The van der Waals surface area contributed by atoms with Crippen molar-refractivity contribution >= 4 is 23.2 Å². The third-order valence-electron chi connectivity index (χ3n) is 3.58. The molecular formula is C16H21Cl2N3O. The molecule has 2 rings (SSSR count). The van der Waals surface area contributed by atoms with Crippen LogP contribution in [0.3, 0.4) is 0 Å². The van der Waals surface area contributed by atoms with Gasteiger partial charge in [-0.2, -0.15) is 4.98 Å². The zero-order valence-corrected chi connectivity index (χ0v) is 15.0. The van der Waals surface area contributed by atoms with E-state index >= 15 is 0 Å². The molecule has 1 heterocycles. The third kappa shape index (κ3) is 3.80. The second-order valence-electron chi connectivity index (χ2n) is 6.51. The van der Waals surface area contributed by atoms with Gasteiger partial charge in [0.1, 0.15) is 0 Å². The zero-order valence-electron chi connectivity index (χ0n) is 13.5. The summed E-state index contributed by atoms with van der Waals surface area (Å²) < 4.78 is 5.40. The summed E-state index contributed by atoms with van der Waals surface area (Å²) in [7, 11) is 1.99. The van der Waals surface area contributed by atoms with Crippen LogP contribution in [-0.4, -0.2) is 22.1 Å². The van der Waals surface area contributed by atoms with Gasteiger partial charge < -0.3 is 4.52 Å². The summed E-state index contributed by atoms with van der Waals surface area (Å²) in [6.45, 7) is 8.84. The lowest BCUT2D eigenvalue weighted by Gasteiger charge is -2.22. The number of rotatable bonds is 4. The highest BCUT2D eigenvalue weighted by Gasteiger charge is 2.25. The minimum atomic E-state index is -0.129. The molecular weight excluding hydrogens is 321 g/mol. The normalized spacial score (nSPS) is 13.6. The van der Waals surface area contributed by atoms with Gasteiger partial charge in [0, 0.05) is 12.0 Å². The Hall–Kier alpha value is -1.10. The minimum absolute atomic E-state index is 0.0151. The van der Waals surface area contributed by atoms with Crippen LogP contribution in [0.4, 0.5) is 0 Å². The Morgan fingerprint density at radius 2 is 1.95 bits per heavy atom. The summed E-state index contributed by atoms with van der Waals surface area (Å²) in [5, 5.41) is 5.22. The van der Waals surface area contributed by atoms with Gasteiger partial charge in [0.2, 0.25) is 5.89 Å². The van der Waals surface area contributed by atoms with E-state index in [9.17, 15) is 0 Å². The van der Waals surface area contributed by atoms with Crippen molar-refractivity contribution in [2.45, 2.75) is 45.7 Å². The first-order chi connectivity index (χ1) is 10.2. The summed E-state index contributed by atoms with van der Waals surface area (Å²) in [5.74, 6) is 1.31. The smallest absolute Gasteiger partial charge is 0.243 e. The Bertz CT molecular complexity index is 649. The Kier molecular flexibility index (Phi) is 5.15. The highest BCUT2D eigenvalue weighted by molar-refractivity contribution is 6.42. The molecule has 0 fully saturated rings. The third-order valence-corrected chi connectivity index (χ3v) is 4.44. The average molecular weight is 342 g/mol. The number of benzene rings is 1. The van der Waals surface area contributed by atoms with E-state index in [1.165, 1.54) is 0 Å². The molecule has 1 aromatic heterocycles. The minimum Gasteiger partial charge on any atom is -0.338 e.